The monoisotopic (exact) mass is 307 g/mol. The summed E-state index contributed by atoms with van der Waals surface area (Å²) in [5, 5.41) is 0. The van der Waals surface area contributed by atoms with Gasteiger partial charge in [-0.1, -0.05) is 0 Å². The van der Waals surface area contributed by atoms with Gasteiger partial charge in [-0.3, -0.25) is 0 Å². The van der Waals surface area contributed by atoms with E-state index in [1.807, 2.05) is 12.1 Å². The maximum absolute atomic E-state index is 6.08. The van der Waals surface area contributed by atoms with E-state index in [-0.39, 0.29) is 0 Å². The average molecular weight is 307 g/mol. The van der Waals surface area contributed by atoms with Crippen molar-refractivity contribution in [3.8, 4) is 17.2 Å². The number of nitrogens with zero attached hydrogens (tertiary/aromatic N) is 2. The fourth-order valence-electron chi connectivity index (χ4n) is 2.62. The molecule has 0 amide bonds. The summed E-state index contributed by atoms with van der Waals surface area (Å²) < 4.78 is 16.0. The summed E-state index contributed by atoms with van der Waals surface area (Å²) >= 11 is 0. The second-order valence-electron chi connectivity index (χ2n) is 5.26. The Morgan fingerprint density at radius 3 is 2.14 bits per heavy atom. The number of likely N-dealkylation sites (tertiary alicyclic amines) is 1. The van der Waals surface area contributed by atoms with Crippen LogP contribution in [0.5, 0.6) is 17.2 Å². The average Bonchev–Trinajstić information content (AvgIpc) is 2.59. The van der Waals surface area contributed by atoms with Crippen LogP contribution in [0, 0.1) is 0 Å². The molecular formula is C16H25N3O3. The van der Waals surface area contributed by atoms with E-state index in [0.29, 0.717) is 29.8 Å². The molecule has 0 unspecified atom stereocenters. The van der Waals surface area contributed by atoms with Gasteiger partial charge in [-0.05, 0) is 37.0 Å². The third-order valence-electron chi connectivity index (χ3n) is 3.83. The van der Waals surface area contributed by atoms with E-state index >= 15 is 0 Å². The van der Waals surface area contributed by atoms with E-state index < -0.39 is 0 Å². The van der Waals surface area contributed by atoms with Crippen LogP contribution in [0.25, 0.3) is 0 Å². The number of benzene rings is 1. The Morgan fingerprint density at radius 1 is 1.05 bits per heavy atom. The molecule has 1 heterocycles. The number of methoxy groups -OCH3 is 3. The van der Waals surface area contributed by atoms with Crippen molar-refractivity contribution >= 4 is 5.96 Å². The summed E-state index contributed by atoms with van der Waals surface area (Å²) in [6.07, 6.45) is 3.64. The first kappa shape index (κ1) is 16.3. The Bertz CT molecular complexity index is 500. The molecule has 0 saturated carbocycles. The van der Waals surface area contributed by atoms with Gasteiger partial charge in [0.15, 0.2) is 17.5 Å². The molecule has 1 aliphatic rings. The first-order chi connectivity index (χ1) is 10.7. The van der Waals surface area contributed by atoms with Gasteiger partial charge >= 0.3 is 0 Å². The molecule has 22 heavy (non-hydrogen) atoms. The highest BCUT2D eigenvalue weighted by Gasteiger charge is 2.14. The molecular weight excluding hydrogens is 282 g/mol. The molecule has 1 aromatic rings. The Labute approximate surface area is 131 Å². The van der Waals surface area contributed by atoms with Crippen LogP contribution in [0.1, 0.15) is 24.8 Å². The van der Waals surface area contributed by atoms with Crippen LogP contribution in [-0.2, 0) is 6.54 Å². The third-order valence-corrected chi connectivity index (χ3v) is 3.83. The molecule has 122 valence electrons. The predicted molar refractivity (Wildman–Crippen MR) is 86.8 cm³/mol. The quantitative estimate of drug-likeness (QED) is 0.665. The van der Waals surface area contributed by atoms with Crippen molar-refractivity contribution < 1.29 is 14.2 Å². The molecule has 0 bridgehead atoms. The van der Waals surface area contributed by atoms with Gasteiger partial charge in [0.05, 0.1) is 27.9 Å². The van der Waals surface area contributed by atoms with Crippen molar-refractivity contribution in [3.63, 3.8) is 0 Å². The van der Waals surface area contributed by atoms with Crippen molar-refractivity contribution in [2.75, 3.05) is 34.4 Å². The van der Waals surface area contributed by atoms with E-state index in [4.69, 9.17) is 19.9 Å². The molecule has 0 atom stereocenters. The molecule has 0 aromatic heterocycles. The van der Waals surface area contributed by atoms with Crippen molar-refractivity contribution in [2.24, 2.45) is 10.7 Å². The van der Waals surface area contributed by atoms with Crippen molar-refractivity contribution in [3.05, 3.63) is 17.7 Å². The SMILES string of the molecule is COc1cc(CN=C(N)N2CCCCC2)cc(OC)c1OC. The molecule has 6 nitrogen and oxygen atoms in total. The van der Waals surface area contributed by atoms with Crippen LogP contribution < -0.4 is 19.9 Å². The smallest absolute Gasteiger partial charge is 0.203 e. The molecule has 0 aliphatic carbocycles. The zero-order chi connectivity index (χ0) is 15.9. The maximum Gasteiger partial charge on any atom is 0.203 e. The van der Waals surface area contributed by atoms with E-state index in [0.717, 1.165) is 18.7 Å². The number of ether oxygens (including phenoxy) is 3. The van der Waals surface area contributed by atoms with E-state index in [9.17, 15) is 0 Å². The minimum absolute atomic E-state index is 0.485. The first-order valence-electron chi connectivity index (χ1n) is 7.53. The van der Waals surface area contributed by atoms with Crippen molar-refractivity contribution in [1.82, 2.24) is 4.90 Å². The summed E-state index contributed by atoms with van der Waals surface area (Å²) in [5.41, 5.74) is 7.05. The lowest BCUT2D eigenvalue weighted by Gasteiger charge is -2.27. The van der Waals surface area contributed by atoms with Gasteiger partial charge in [0, 0.05) is 13.1 Å². The molecule has 0 spiro atoms. The lowest BCUT2D eigenvalue weighted by Crippen LogP contribution is -2.40. The lowest BCUT2D eigenvalue weighted by molar-refractivity contribution is 0.323. The van der Waals surface area contributed by atoms with E-state index in [1.165, 1.54) is 19.3 Å². The summed E-state index contributed by atoms with van der Waals surface area (Å²) in [4.78, 5) is 6.63. The number of nitrogens with two attached hydrogens (primary N) is 1. The molecule has 1 aliphatic heterocycles. The molecule has 6 heteroatoms. The highest BCUT2D eigenvalue weighted by Crippen LogP contribution is 2.38. The highest BCUT2D eigenvalue weighted by molar-refractivity contribution is 5.78. The zero-order valence-corrected chi connectivity index (χ0v) is 13.6. The number of piperidine rings is 1. The van der Waals surface area contributed by atoms with E-state index in [1.54, 1.807) is 21.3 Å². The van der Waals surface area contributed by atoms with Crippen molar-refractivity contribution in [1.29, 1.82) is 0 Å². The van der Waals surface area contributed by atoms with E-state index in [2.05, 4.69) is 9.89 Å². The molecule has 1 saturated heterocycles. The molecule has 1 aromatic carbocycles. The molecule has 0 radical (unpaired) electrons. The molecule has 2 N–H and O–H groups in total. The number of hydrogen-bond donors (Lipinski definition) is 1. The van der Waals surface area contributed by atoms with Crippen LogP contribution in [0.3, 0.4) is 0 Å². The third kappa shape index (κ3) is 3.75. The second kappa shape index (κ2) is 7.77. The minimum Gasteiger partial charge on any atom is -0.493 e. The summed E-state index contributed by atoms with van der Waals surface area (Å²) in [6, 6.07) is 3.79. The highest BCUT2D eigenvalue weighted by atomic mass is 16.5. The predicted octanol–water partition coefficient (Wildman–Crippen LogP) is 2.01. The van der Waals surface area contributed by atoms with Gasteiger partial charge in [-0.15, -0.1) is 0 Å². The topological polar surface area (TPSA) is 69.3 Å². The first-order valence-corrected chi connectivity index (χ1v) is 7.53. The zero-order valence-electron chi connectivity index (χ0n) is 13.6. The van der Waals surface area contributed by atoms with Crippen LogP contribution in [0.4, 0.5) is 0 Å². The fourth-order valence-corrected chi connectivity index (χ4v) is 2.62. The Kier molecular flexibility index (Phi) is 5.75. The number of hydrogen-bond acceptors (Lipinski definition) is 4. The number of guanidine groups is 1. The van der Waals surface area contributed by atoms with Crippen molar-refractivity contribution in [2.45, 2.75) is 25.8 Å². The summed E-state index contributed by atoms with van der Waals surface area (Å²) in [6.45, 7) is 2.47. The molecule has 1 fully saturated rings. The summed E-state index contributed by atoms with van der Waals surface area (Å²) in [7, 11) is 4.80. The van der Waals surface area contributed by atoms with Crippen LogP contribution >= 0.6 is 0 Å². The Hall–Kier alpha value is -2.11. The fraction of sp³-hybridized carbons (Fsp3) is 0.562. The van der Waals surface area contributed by atoms with Crippen LogP contribution in [0.15, 0.2) is 17.1 Å². The Morgan fingerprint density at radius 2 is 1.64 bits per heavy atom. The number of aliphatic imine (C=N–C) groups is 1. The Balaban J connectivity index is 2.14. The normalized spacial score (nSPS) is 15.6. The standard InChI is InChI=1S/C16H25N3O3/c1-20-13-9-12(10-14(21-2)15(13)22-3)11-18-16(17)19-7-5-4-6-8-19/h9-10H,4-8,11H2,1-3H3,(H2,17,18). The molecule has 2 rings (SSSR count). The summed E-state index contributed by atoms with van der Waals surface area (Å²) in [5.74, 6) is 2.45. The van der Waals surface area contributed by atoms with Gasteiger partial charge < -0.3 is 24.8 Å². The second-order valence-corrected chi connectivity index (χ2v) is 5.26. The lowest BCUT2D eigenvalue weighted by atomic mass is 10.1. The number of rotatable bonds is 5. The van der Waals surface area contributed by atoms with Gasteiger partial charge in [-0.2, -0.15) is 0 Å². The van der Waals surface area contributed by atoms with Crippen LogP contribution in [0.2, 0.25) is 0 Å². The van der Waals surface area contributed by atoms with Gasteiger partial charge in [0.25, 0.3) is 0 Å². The largest absolute Gasteiger partial charge is 0.493 e. The minimum atomic E-state index is 0.485. The van der Waals surface area contributed by atoms with Gasteiger partial charge in [-0.25, -0.2) is 4.99 Å². The van der Waals surface area contributed by atoms with Crippen LogP contribution in [-0.4, -0.2) is 45.3 Å². The maximum atomic E-state index is 6.08. The van der Waals surface area contributed by atoms with Gasteiger partial charge in [0.2, 0.25) is 5.75 Å². The van der Waals surface area contributed by atoms with Gasteiger partial charge in [0.1, 0.15) is 0 Å².